The van der Waals surface area contributed by atoms with Crippen LogP contribution in [-0.4, -0.2) is 47.3 Å². The van der Waals surface area contributed by atoms with Crippen molar-refractivity contribution in [3.05, 3.63) is 48.1 Å². The van der Waals surface area contributed by atoms with Crippen LogP contribution in [0.3, 0.4) is 0 Å². The lowest BCUT2D eigenvalue weighted by Gasteiger charge is -2.29. The number of piperidine rings is 1. The van der Waals surface area contributed by atoms with Crippen molar-refractivity contribution in [2.75, 3.05) is 19.7 Å². The first-order chi connectivity index (χ1) is 13.6. The van der Waals surface area contributed by atoms with E-state index in [1.807, 2.05) is 6.92 Å². The van der Waals surface area contributed by atoms with Crippen molar-refractivity contribution in [2.45, 2.75) is 70.5 Å². The second-order valence-electron chi connectivity index (χ2n) is 8.83. The van der Waals surface area contributed by atoms with Gasteiger partial charge in [-0.05, 0) is 44.6 Å². The zero-order valence-corrected chi connectivity index (χ0v) is 17.7. The Labute approximate surface area is 171 Å². The highest BCUT2D eigenvalue weighted by molar-refractivity contribution is 5.63. The molecule has 0 bridgehead atoms. The fourth-order valence-electron chi connectivity index (χ4n) is 4.30. The Morgan fingerprint density at radius 1 is 1.25 bits per heavy atom. The van der Waals surface area contributed by atoms with Crippen molar-refractivity contribution in [3.8, 4) is 0 Å². The van der Waals surface area contributed by atoms with Gasteiger partial charge in [0.15, 0.2) is 0 Å². The van der Waals surface area contributed by atoms with Gasteiger partial charge in [0.25, 0.3) is 0 Å². The van der Waals surface area contributed by atoms with E-state index < -0.39 is 5.60 Å². The Bertz CT molecular complexity index is 641. The summed E-state index contributed by atoms with van der Waals surface area (Å²) in [6.07, 6.45) is 25.7. The summed E-state index contributed by atoms with van der Waals surface area (Å²) < 4.78 is 8.92. The van der Waals surface area contributed by atoms with Gasteiger partial charge >= 0.3 is 0 Å². The third kappa shape index (κ3) is 6.28. The Balaban J connectivity index is 1.74. The molecule has 1 aliphatic heterocycles. The predicted molar refractivity (Wildman–Crippen MR) is 117 cm³/mol. The van der Waals surface area contributed by atoms with Crippen LogP contribution >= 0.6 is 0 Å². The number of nitrogens with zero attached hydrogens (tertiary/aromatic N) is 1. The molecule has 1 saturated heterocycles. The van der Waals surface area contributed by atoms with Gasteiger partial charge in [-0.3, -0.25) is 0 Å². The first-order valence-corrected chi connectivity index (χ1v) is 11.2. The third-order valence-electron chi connectivity index (χ3n) is 6.29. The largest absolute Gasteiger partial charge is 0.390 e. The van der Waals surface area contributed by atoms with Gasteiger partial charge in [-0.2, -0.15) is 0 Å². The van der Waals surface area contributed by atoms with Gasteiger partial charge in [0, 0.05) is 18.8 Å². The van der Waals surface area contributed by atoms with Crippen LogP contribution in [0.4, 0.5) is 0 Å². The number of hydrogen-bond donors (Lipinski definition) is 1. The predicted octanol–water partition coefficient (Wildman–Crippen LogP) is 4.82. The summed E-state index contributed by atoms with van der Waals surface area (Å²) in [6, 6.07) is 0. The third-order valence-corrected chi connectivity index (χ3v) is 6.29. The molecule has 1 heterocycles. The molecule has 2 aliphatic carbocycles. The summed E-state index contributed by atoms with van der Waals surface area (Å²) in [7, 11) is 0. The summed E-state index contributed by atoms with van der Waals surface area (Å²) >= 11 is 0. The first kappa shape index (κ1) is 21.3. The molecule has 0 saturated carbocycles. The van der Waals surface area contributed by atoms with E-state index in [0.717, 1.165) is 58.2 Å². The van der Waals surface area contributed by atoms with Crippen molar-refractivity contribution in [1.29, 1.82) is 0 Å². The van der Waals surface area contributed by atoms with E-state index in [4.69, 9.17) is 4.74 Å². The Kier molecular flexibility index (Phi) is 7.87. The van der Waals surface area contributed by atoms with Gasteiger partial charge in [-0.1, -0.05) is 49.5 Å². The Morgan fingerprint density at radius 3 is 2.79 bits per heavy atom. The maximum absolute atomic E-state index is 10.3. The van der Waals surface area contributed by atoms with Crippen molar-refractivity contribution in [3.63, 3.8) is 0 Å². The summed E-state index contributed by atoms with van der Waals surface area (Å²) in [5.74, 6) is 0.772. The fourth-order valence-corrected chi connectivity index (χ4v) is 4.30. The zero-order valence-electron chi connectivity index (χ0n) is 17.7. The molecular weight excluding hydrogens is 346 g/mol. The van der Waals surface area contributed by atoms with Crippen molar-refractivity contribution in [2.24, 2.45) is 11.8 Å². The molecule has 0 aromatic rings. The summed E-state index contributed by atoms with van der Waals surface area (Å²) in [5, 5.41) is 10.3. The molecule has 3 rings (SSSR count). The summed E-state index contributed by atoms with van der Waals surface area (Å²) in [6.45, 7) is 6.84. The van der Waals surface area contributed by atoms with Crippen molar-refractivity contribution >= 4 is 6.21 Å². The molecule has 1 fully saturated rings. The molecule has 0 radical (unpaired) electrons. The molecule has 0 amide bonds. The van der Waals surface area contributed by atoms with Gasteiger partial charge < -0.3 is 9.84 Å². The quantitative estimate of drug-likeness (QED) is 0.638. The van der Waals surface area contributed by atoms with Crippen LogP contribution in [0.1, 0.15) is 58.8 Å². The minimum atomic E-state index is -0.511. The molecular formula is C25H38NO2+. The van der Waals surface area contributed by atoms with Gasteiger partial charge in [0.2, 0.25) is 0 Å². The highest BCUT2D eigenvalue weighted by Crippen LogP contribution is 2.26. The maximum atomic E-state index is 10.3. The van der Waals surface area contributed by atoms with Crippen LogP contribution in [0.15, 0.2) is 48.1 Å². The van der Waals surface area contributed by atoms with Crippen molar-refractivity contribution < 1.29 is 14.4 Å². The van der Waals surface area contributed by atoms with Crippen molar-refractivity contribution in [1.82, 2.24) is 0 Å². The lowest BCUT2D eigenvalue weighted by Crippen LogP contribution is -2.40. The second kappa shape index (κ2) is 10.4. The van der Waals surface area contributed by atoms with E-state index in [1.165, 1.54) is 12.0 Å². The molecule has 0 aromatic carbocycles. The Hall–Kier alpha value is -1.45. The van der Waals surface area contributed by atoms with Gasteiger partial charge in [0.1, 0.15) is 19.3 Å². The van der Waals surface area contributed by atoms with Crippen LogP contribution in [0.2, 0.25) is 0 Å². The monoisotopic (exact) mass is 384 g/mol. The smallest absolute Gasteiger partial charge is 0.149 e. The van der Waals surface area contributed by atoms with Crippen LogP contribution in [0, 0.1) is 11.8 Å². The minimum Gasteiger partial charge on any atom is -0.390 e. The topological polar surface area (TPSA) is 32.5 Å². The van der Waals surface area contributed by atoms with Gasteiger partial charge in [-0.15, -0.1) is 0 Å². The van der Waals surface area contributed by atoms with Crippen LogP contribution in [0.5, 0.6) is 0 Å². The maximum Gasteiger partial charge on any atom is 0.149 e. The number of allylic oxidation sites excluding steroid dienone is 6. The van der Waals surface area contributed by atoms with E-state index in [9.17, 15) is 5.11 Å². The van der Waals surface area contributed by atoms with Crippen LogP contribution in [0.25, 0.3) is 0 Å². The SMILES string of the molecule is CCC(OCC1C=CC=CC1)C(C=[N+]1CCC(C)(O)CC1)C1=CCCCC=C1. The molecule has 3 atom stereocenters. The van der Waals surface area contributed by atoms with Gasteiger partial charge in [-0.25, -0.2) is 4.58 Å². The van der Waals surface area contributed by atoms with E-state index in [-0.39, 0.29) is 12.0 Å². The van der Waals surface area contributed by atoms with Crippen LogP contribution in [-0.2, 0) is 4.74 Å². The second-order valence-corrected chi connectivity index (χ2v) is 8.83. The molecule has 3 nitrogen and oxygen atoms in total. The molecule has 0 aromatic heterocycles. The molecule has 0 spiro atoms. The lowest BCUT2D eigenvalue weighted by atomic mass is 9.90. The van der Waals surface area contributed by atoms with E-state index >= 15 is 0 Å². The highest BCUT2D eigenvalue weighted by Gasteiger charge is 2.32. The highest BCUT2D eigenvalue weighted by atomic mass is 16.5. The number of ether oxygens (including phenoxy) is 1. The standard InChI is InChI=1S/C25H38NO2/c1-3-24(28-20-21-11-7-6-8-12-21)23(22-13-9-4-5-10-14-22)19-26-17-15-25(2,27)16-18-26/h6-9,11,13-14,19,21,23-24,27H,3-5,10,12,15-18,20H2,1-2H3/q+1. The van der Waals surface area contributed by atoms with Gasteiger partial charge in [0.05, 0.1) is 24.2 Å². The molecule has 3 aliphatic rings. The number of rotatable bonds is 7. The average Bonchev–Trinajstić information content (AvgIpc) is 2.99. The van der Waals surface area contributed by atoms with Crippen LogP contribution < -0.4 is 0 Å². The Morgan fingerprint density at radius 2 is 2.07 bits per heavy atom. The molecule has 28 heavy (non-hydrogen) atoms. The zero-order chi connectivity index (χ0) is 19.8. The lowest BCUT2D eigenvalue weighted by molar-refractivity contribution is -0.543. The fraction of sp³-hybridized carbons (Fsp3) is 0.640. The first-order valence-electron chi connectivity index (χ1n) is 11.2. The summed E-state index contributed by atoms with van der Waals surface area (Å²) in [4.78, 5) is 0. The molecule has 3 heteroatoms. The minimum absolute atomic E-state index is 0.191. The average molecular weight is 385 g/mol. The summed E-state index contributed by atoms with van der Waals surface area (Å²) in [5.41, 5.74) is 0.892. The number of aliphatic hydroxyl groups is 1. The van der Waals surface area contributed by atoms with E-state index in [1.54, 1.807) is 0 Å². The molecule has 154 valence electrons. The van der Waals surface area contributed by atoms with E-state index in [0.29, 0.717) is 5.92 Å². The normalized spacial score (nSPS) is 29.9. The van der Waals surface area contributed by atoms with E-state index in [2.05, 4.69) is 60.2 Å². The molecule has 1 N–H and O–H groups in total. The molecule has 3 unspecified atom stereocenters. The number of hydrogen-bond acceptors (Lipinski definition) is 2.